The van der Waals surface area contributed by atoms with Crippen molar-refractivity contribution in [2.45, 2.75) is 37.8 Å². The molecule has 1 saturated carbocycles. The van der Waals surface area contributed by atoms with E-state index in [0.29, 0.717) is 30.4 Å². The summed E-state index contributed by atoms with van der Waals surface area (Å²) in [5.74, 6) is -1.96. The second kappa shape index (κ2) is 6.19. The Labute approximate surface area is 144 Å². The van der Waals surface area contributed by atoms with Crippen molar-refractivity contribution in [1.29, 1.82) is 0 Å². The molecule has 1 saturated heterocycles. The zero-order chi connectivity index (χ0) is 18.2. The molecule has 1 unspecified atom stereocenters. The maximum Gasteiger partial charge on any atom is 0.322 e. The fourth-order valence-corrected chi connectivity index (χ4v) is 3.31. The predicted molar refractivity (Wildman–Crippen MR) is 86.7 cm³/mol. The largest absolute Gasteiger partial charge is 0.481 e. The third-order valence-electron chi connectivity index (χ3n) is 4.89. The molecule has 1 aromatic rings. The van der Waals surface area contributed by atoms with Crippen molar-refractivity contribution in [3.63, 3.8) is 0 Å². The van der Waals surface area contributed by atoms with Crippen LogP contribution in [0.3, 0.4) is 0 Å². The fraction of sp³-hybridized carbons (Fsp3) is 0.412. The number of urea groups is 1. The van der Waals surface area contributed by atoms with E-state index in [2.05, 4.69) is 16.0 Å². The summed E-state index contributed by atoms with van der Waals surface area (Å²) in [5.41, 5.74) is -0.179. The minimum absolute atomic E-state index is 0.148. The van der Waals surface area contributed by atoms with Crippen molar-refractivity contribution in [3.05, 3.63) is 35.4 Å². The Morgan fingerprint density at radius 1 is 1.20 bits per heavy atom. The van der Waals surface area contributed by atoms with E-state index in [9.17, 15) is 19.2 Å². The maximum absolute atomic E-state index is 12.3. The van der Waals surface area contributed by atoms with E-state index >= 15 is 0 Å². The van der Waals surface area contributed by atoms with Crippen LogP contribution in [-0.2, 0) is 15.1 Å². The van der Waals surface area contributed by atoms with E-state index < -0.39 is 29.4 Å². The summed E-state index contributed by atoms with van der Waals surface area (Å²) in [4.78, 5) is 46.5. The van der Waals surface area contributed by atoms with Crippen LogP contribution in [0, 0.1) is 5.92 Å². The van der Waals surface area contributed by atoms with Gasteiger partial charge in [-0.1, -0.05) is 12.1 Å². The predicted octanol–water partition coefficient (Wildman–Crippen LogP) is 0.724. The second-order valence-corrected chi connectivity index (χ2v) is 6.63. The molecular weight excluding hydrogens is 326 g/mol. The fourth-order valence-electron chi connectivity index (χ4n) is 3.31. The molecule has 8 heteroatoms. The summed E-state index contributed by atoms with van der Waals surface area (Å²) in [6.07, 6.45) is 1.64. The molecule has 1 aliphatic heterocycles. The highest BCUT2D eigenvalue weighted by atomic mass is 16.4. The first-order chi connectivity index (χ1) is 11.8. The highest BCUT2D eigenvalue weighted by Gasteiger charge is 2.43. The number of hydrogen-bond acceptors (Lipinski definition) is 4. The zero-order valence-corrected chi connectivity index (χ0v) is 13.7. The number of rotatable bonds is 4. The Balaban J connectivity index is 1.66. The number of benzene rings is 1. The number of nitrogens with one attached hydrogen (secondary N) is 3. The molecule has 2 aliphatic rings. The number of amides is 4. The molecule has 0 bridgehead atoms. The van der Waals surface area contributed by atoms with Crippen molar-refractivity contribution in [2.24, 2.45) is 5.92 Å². The maximum atomic E-state index is 12.3. The molecule has 0 radical (unpaired) electrons. The number of imide groups is 1. The Kier molecular flexibility index (Phi) is 4.20. The van der Waals surface area contributed by atoms with Crippen LogP contribution in [0.15, 0.2) is 24.3 Å². The van der Waals surface area contributed by atoms with Gasteiger partial charge in [0.15, 0.2) is 0 Å². The molecule has 4 amide bonds. The quantitative estimate of drug-likeness (QED) is 0.599. The van der Waals surface area contributed by atoms with Gasteiger partial charge in [0.2, 0.25) is 0 Å². The van der Waals surface area contributed by atoms with Gasteiger partial charge < -0.3 is 15.7 Å². The van der Waals surface area contributed by atoms with Crippen LogP contribution in [0.25, 0.3) is 0 Å². The highest BCUT2D eigenvalue weighted by Crippen LogP contribution is 2.27. The number of carboxylic acid groups (broad SMARTS) is 1. The van der Waals surface area contributed by atoms with Gasteiger partial charge in [-0.2, -0.15) is 0 Å². The molecule has 3 rings (SSSR count). The van der Waals surface area contributed by atoms with Gasteiger partial charge in [-0.3, -0.25) is 19.7 Å². The van der Waals surface area contributed by atoms with Gasteiger partial charge in [0, 0.05) is 11.6 Å². The number of aliphatic carboxylic acids is 1. The highest BCUT2D eigenvalue weighted by molar-refractivity contribution is 6.07. The number of carboxylic acids is 1. The third kappa shape index (κ3) is 3.19. The molecule has 1 aromatic carbocycles. The van der Waals surface area contributed by atoms with E-state index in [-0.39, 0.29) is 11.9 Å². The van der Waals surface area contributed by atoms with Gasteiger partial charge in [-0.05, 0) is 43.9 Å². The molecule has 4 N–H and O–H groups in total. The number of hydrogen-bond donors (Lipinski definition) is 4. The van der Waals surface area contributed by atoms with Crippen molar-refractivity contribution in [3.8, 4) is 0 Å². The Morgan fingerprint density at radius 2 is 1.88 bits per heavy atom. The van der Waals surface area contributed by atoms with E-state index in [0.717, 1.165) is 0 Å². The topological polar surface area (TPSA) is 125 Å². The van der Waals surface area contributed by atoms with E-state index in [1.807, 2.05) is 0 Å². The zero-order valence-electron chi connectivity index (χ0n) is 13.7. The van der Waals surface area contributed by atoms with E-state index in [4.69, 9.17) is 5.11 Å². The van der Waals surface area contributed by atoms with Gasteiger partial charge in [0.1, 0.15) is 5.54 Å². The molecule has 0 aromatic heterocycles. The summed E-state index contributed by atoms with van der Waals surface area (Å²) in [5, 5.41) is 16.6. The lowest BCUT2D eigenvalue weighted by Gasteiger charge is -2.21. The van der Waals surface area contributed by atoms with Gasteiger partial charge in [0.05, 0.1) is 5.92 Å². The van der Waals surface area contributed by atoms with Crippen LogP contribution in [-0.4, -0.2) is 35.0 Å². The van der Waals surface area contributed by atoms with Gasteiger partial charge in [-0.25, -0.2) is 4.79 Å². The Hall–Kier alpha value is -2.90. The first-order valence-electron chi connectivity index (χ1n) is 8.07. The lowest BCUT2D eigenvalue weighted by molar-refractivity contribution is -0.141. The van der Waals surface area contributed by atoms with Crippen molar-refractivity contribution >= 4 is 23.8 Å². The summed E-state index contributed by atoms with van der Waals surface area (Å²) in [6, 6.07) is 5.70. The molecule has 1 heterocycles. The Morgan fingerprint density at radius 3 is 2.40 bits per heavy atom. The lowest BCUT2D eigenvalue weighted by Crippen LogP contribution is -2.40. The minimum Gasteiger partial charge on any atom is -0.481 e. The third-order valence-corrected chi connectivity index (χ3v) is 4.89. The summed E-state index contributed by atoms with van der Waals surface area (Å²) in [7, 11) is 0. The Bertz CT molecular complexity index is 745. The average Bonchev–Trinajstić information content (AvgIpc) is 3.13. The molecule has 2 fully saturated rings. The van der Waals surface area contributed by atoms with Gasteiger partial charge in [-0.15, -0.1) is 0 Å². The first kappa shape index (κ1) is 16.9. The van der Waals surface area contributed by atoms with Gasteiger partial charge >= 0.3 is 12.0 Å². The van der Waals surface area contributed by atoms with Crippen LogP contribution in [0.2, 0.25) is 0 Å². The van der Waals surface area contributed by atoms with Crippen LogP contribution in [0.5, 0.6) is 0 Å². The summed E-state index contributed by atoms with van der Waals surface area (Å²) >= 11 is 0. The number of carbonyl (C=O) groups excluding carboxylic acids is 3. The van der Waals surface area contributed by atoms with Crippen LogP contribution in [0.1, 0.15) is 42.1 Å². The van der Waals surface area contributed by atoms with Crippen LogP contribution < -0.4 is 16.0 Å². The smallest absolute Gasteiger partial charge is 0.322 e. The normalized spacial score (nSPS) is 28.4. The van der Waals surface area contributed by atoms with Crippen LogP contribution in [0.4, 0.5) is 4.79 Å². The lowest BCUT2D eigenvalue weighted by atomic mass is 9.91. The monoisotopic (exact) mass is 345 g/mol. The molecule has 8 nitrogen and oxygen atoms in total. The number of carbonyl (C=O) groups is 4. The van der Waals surface area contributed by atoms with Crippen LogP contribution >= 0.6 is 0 Å². The molecule has 25 heavy (non-hydrogen) atoms. The van der Waals surface area contributed by atoms with E-state index in [1.165, 1.54) is 0 Å². The molecule has 0 spiro atoms. The average molecular weight is 345 g/mol. The summed E-state index contributed by atoms with van der Waals surface area (Å²) in [6.45, 7) is 1.59. The molecular formula is C17H19N3O5. The van der Waals surface area contributed by atoms with Gasteiger partial charge in [0.25, 0.3) is 11.8 Å². The summed E-state index contributed by atoms with van der Waals surface area (Å²) < 4.78 is 0. The second-order valence-electron chi connectivity index (χ2n) is 6.63. The molecule has 1 aliphatic carbocycles. The molecule has 3 atom stereocenters. The standard InChI is InChI=1S/C17H19N3O5/c1-17(15(24)19-16(25)20-17)11-5-2-9(3-6-11)13(21)18-12-7-4-10(8-12)14(22)23/h2-3,5-6,10,12H,4,7-8H2,1H3,(H,18,21)(H,22,23)(H2,19,20,24,25)/t10-,12+,17?/m1/s1. The minimum atomic E-state index is -1.16. The SMILES string of the molecule is CC1(c2ccc(C(=O)N[C@H]3CC[C@@H](C(=O)O)C3)cc2)NC(=O)NC1=O. The van der Waals surface area contributed by atoms with Crippen molar-refractivity contribution < 1.29 is 24.3 Å². The van der Waals surface area contributed by atoms with Crippen molar-refractivity contribution in [1.82, 2.24) is 16.0 Å². The van der Waals surface area contributed by atoms with E-state index in [1.54, 1.807) is 31.2 Å². The van der Waals surface area contributed by atoms with Crippen molar-refractivity contribution in [2.75, 3.05) is 0 Å². The first-order valence-corrected chi connectivity index (χ1v) is 8.07. The molecule has 132 valence electrons.